The second kappa shape index (κ2) is 6.36. The summed E-state index contributed by atoms with van der Waals surface area (Å²) in [5.41, 5.74) is 1.46. The third-order valence-corrected chi connectivity index (χ3v) is 5.47. The van der Waals surface area contributed by atoms with E-state index in [-0.39, 0.29) is 11.0 Å². The summed E-state index contributed by atoms with van der Waals surface area (Å²) < 4.78 is 29.3. The van der Waals surface area contributed by atoms with Crippen LogP contribution in [0.5, 0.6) is 5.75 Å². The maximum absolute atomic E-state index is 11.5. The SMILES string of the molecule is CCC1CCCCC1Oc1cc(C)c(S(N)(=O)=O)cc1C. The van der Waals surface area contributed by atoms with E-state index >= 15 is 0 Å². The highest BCUT2D eigenvalue weighted by Crippen LogP contribution is 2.33. The van der Waals surface area contributed by atoms with Gasteiger partial charge >= 0.3 is 0 Å². The van der Waals surface area contributed by atoms with Crippen LogP contribution >= 0.6 is 0 Å². The Hall–Kier alpha value is -1.07. The molecule has 0 bridgehead atoms. The fourth-order valence-electron chi connectivity index (χ4n) is 3.16. The number of nitrogens with two attached hydrogens (primary N) is 1. The van der Waals surface area contributed by atoms with Crippen LogP contribution in [0.2, 0.25) is 0 Å². The molecule has 1 aliphatic carbocycles. The van der Waals surface area contributed by atoms with Crippen molar-refractivity contribution >= 4 is 10.0 Å². The van der Waals surface area contributed by atoms with Crippen molar-refractivity contribution in [1.29, 1.82) is 0 Å². The first-order chi connectivity index (χ1) is 9.82. The summed E-state index contributed by atoms with van der Waals surface area (Å²) in [4.78, 5) is 0.183. The number of primary sulfonamides is 1. The zero-order chi connectivity index (χ0) is 15.6. The van der Waals surface area contributed by atoms with E-state index in [0.29, 0.717) is 11.5 Å². The molecule has 2 unspecified atom stereocenters. The molecule has 5 heteroatoms. The lowest BCUT2D eigenvalue weighted by Gasteiger charge is -2.32. The van der Waals surface area contributed by atoms with Crippen molar-refractivity contribution in [3.8, 4) is 5.75 Å². The van der Waals surface area contributed by atoms with Crippen molar-refractivity contribution in [2.24, 2.45) is 11.1 Å². The lowest BCUT2D eigenvalue weighted by Crippen LogP contribution is -2.30. The molecule has 1 aliphatic rings. The second-order valence-corrected chi connectivity index (χ2v) is 7.57. The van der Waals surface area contributed by atoms with E-state index in [9.17, 15) is 8.42 Å². The lowest BCUT2D eigenvalue weighted by atomic mass is 9.84. The molecule has 1 aromatic carbocycles. The minimum absolute atomic E-state index is 0.183. The maximum atomic E-state index is 11.5. The number of ether oxygens (including phenoxy) is 1. The number of benzene rings is 1. The molecule has 0 aromatic heterocycles. The third kappa shape index (κ3) is 3.77. The normalized spacial score (nSPS) is 23.0. The van der Waals surface area contributed by atoms with Gasteiger partial charge in [0, 0.05) is 0 Å². The van der Waals surface area contributed by atoms with Gasteiger partial charge in [-0.3, -0.25) is 0 Å². The molecule has 2 atom stereocenters. The van der Waals surface area contributed by atoms with Gasteiger partial charge in [-0.1, -0.05) is 13.3 Å². The van der Waals surface area contributed by atoms with E-state index in [1.807, 2.05) is 6.92 Å². The van der Waals surface area contributed by atoms with Gasteiger partial charge in [0.15, 0.2) is 0 Å². The Labute approximate surface area is 127 Å². The fourth-order valence-corrected chi connectivity index (χ4v) is 4.00. The minimum atomic E-state index is -3.68. The summed E-state index contributed by atoms with van der Waals surface area (Å²) in [6.07, 6.45) is 6.14. The van der Waals surface area contributed by atoms with Crippen molar-refractivity contribution in [1.82, 2.24) is 0 Å². The minimum Gasteiger partial charge on any atom is -0.490 e. The molecule has 21 heavy (non-hydrogen) atoms. The fraction of sp³-hybridized carbons (Fsp3) is 0.625. The smallest absolute Gasteiger partial charge is 0.238 e. The summed E-state index contributed by atoms with van der Waals surface area (Å²) >= 11 is 0. The molecule has 4 nitrogen and oxygen atoms in total. The first kappa shape index (κ1) is 16.3. The first-order valence-electron chi connectivity index (χ1n) is 7.63. The Balaban J connectivity index is 2.27. The Morgan fingerprint density at radius 2 is 1.86 bits per heavy atom. The van der Waals surface area contributed by atoms with Crippen LogP contribution in [0.25, 0.3) is 0 Å². The molecule has 0 amide bonds. The number of rotatable bonds is 4. The number of aryl methyl sites for hydroxylation is 2. The highest BCUT2D eigenvalue weighted by atomic mass is 32.2. The summed E-state index contributed by atoms with van der Waals surface area (Å²) in [5.74, 6) is 1.38. The molecule has 0 spiro atoms. The van der Waals surface area contributed by atoms with Crippen LogP contribution < -0.4 is 9.88 Å². The molecule has 1 fully saturated rings. The van der Waals surface area contributed by atoms with E-state index < -0.39 is 10.0 Å². The molecular weight excluding hydrogens is 286 g/mol. The van der Waals surface area contributed by atoms with E-state index in [0.717, 1.165) is 24.2 Å². The van der Waals surface area contributed by atoms with Gasteiger partial charge in [0.1, 0.15) is 11.9 Å². The molecule has 118 valence electrons. The topological polar surface area (TPSA) is 69.4 Å². The van der Waals surface area contributed by atoms with Crippen molar-refractivity contribution in [3.63, 3.8) is 0 Å². The Morgan fingerprint density at radius 3 is 2.48 bits per heavy atom. The monoisotopic (exact) mass is 311 g/mol. The standard InChI is InChI=1S/C16H25NO3S/c1-4-13-7-5-6-8-14(13)20-15-9-12(3)16(10-11(15)2)21(17,18)19/h9-10,13-14H,4-8H2,1-3H3,(H2,17,18,19). The van der Waals surface area contributed by atoms with Crippen LogP contribution in [0.3, 0.4) is 0 Å². The predicted octanol–water partition coefficient (Wildman–Crippen LogP) is 3.30. The highest BCUT2D eigenvalue weighted by molar-refractivity contribution is 7.89. The Kier molecular flexibility index (Phi) is 4.94. The number of sulfonamides is 1. The predicted molar refractivity (Wildman–Crippen MR) is 84.0 cm³/mol. The Bertz CT molecular complexity index is 610. The third-order valence-electron chi connectivity index (χ3n) is 4.42. The summed E-state index contributed by atoms with van der Waals surface area (Å²) in [7, 11) is -3.68. The van der Waals surface area contributed by atoms with Gasteiger partial charge < -0.3 is 4.74 Å². The Morgan fingerprint density at radius 1 is 1.19 bits per heavy atom. The molecular formula is C16H25NO3S. The zero-order valence-electron chi connectivity index (χ0n) is 13.1. The first-order valence-corrected chi connectivity index (χ1v) is 9.18. The van der Waals surface area contributed by atoms with Crippen LogP contribution in [0.4, 0.5) is 0 Å². The molecule has 0 aliphatic heterocycles. The van der Waals surface area contributed by atoms with Gasteiger partial charge in [0.05, 0.1) is 4.90 Å². The average Bonchev–Trinajstić information content (AvgIpc) is 2.42. The van der Waals surface area contributed by atoms with Crippen molar-refractivity contribution in [3.05, 3.63) is 23.3 Å². The van der Waals surface area contributed by atoms with Gasteiger partial charge in [-0.2, -0.15) is 0 Å². The molecule has 1 aromatic rings. The second-order valence-electron chi connectivity index (χ2n) is 6.04. The van der Waals surface area contributed by atoms with Crippen molar-refractivity contribution in [2.45, 2.75) is 63.9 Å². The molecule has 2 N–H and O–H groups in total. The van der Waals surface area contributed by atoms with E-state index in [1.165, 1.54) is 19.3 Å². The van der Waals surface area contributed by atoms with Crippen LogP contribution in [-0.4, -0.2) is 14.5 Å². The number of hydrogen-bond donors (Lipinski definition) is 1. The van der Waals surface area contributed by atoms with Crippen molar-refractivity contribution < 1.29 is 13.2 Å². The maximum Gasteiger partial charge on any atom is 0.238 e. The van der Waals surface area contributed by atoms with Gasteiger partial charge in [0.2, 0.25) is 10.0 Å². The number of hydrogen-bond acceptors (Lipinski definition) is 3. The lowest BCUT2D eigenvalue weighted by molar-refractivity contribution is 0.0896. The van der Waals surface area contributed by atoms with Gasteiger partial charge in [0.25, 0.3) is 0 Å². The van der Waals surface area contributed by atoms with Gasteiger partial charge in [-0.15, -0.1) is 0 Å². The quantitative estimate of drug-likeness (QED) is 0.927. The molecule has 1 saturated carbocycles. The highest BCUT2D eigenvalue weighted by Gasteiger charge is 2.26. The van der Waals surface area contributed by atoms with Crippen LogP contribution in [-0.2, 0) is 10.0 Å². The summed E-state index contributed by atoms with van der Waals surface area (Å²) in [6, 6.07) is 3.42. The summed E-state index contributed by atoms with van der Waals surface area (Å²) in [6.45, 7) is 5.83. The van der Waals surface area contributed by atoms with Gasteiger partial charge in [-0.05, 0) is 68.7 Å². The molecule has 0 saturated heterocycles. The van der Waals surface area contributed by atoms with Crippen molar-refractivity contribution in [2.75, 3.05) is 0 Å². The average molecular weight is 311 g/mol. The molecule has 0 radical (unpaired) electrons. The van der Waals surface area contributed by atoms with Crippen LogP contribution in [0.1, 0.15) is 50.2 Å². The van der Waals surface area contributed by atoms with E-state index in [1.54, 1.807) is 19.1 Å². The zero-order valence-corrected chi connectivity index (χ0v) is 13.9. The van der Waals surface area contributed by atoms with E-state index in [2.05, 4.69) is 6.92 Å². The summed E-state index contributed by atoms with van der Waals surface area (Å²) in [5, 5.41) is 5.24. The van der Waals surface area contributed by atoms with Gasteiger partial charge in [-0.25, -0.2) is 13.6 Å². The molecule has 2 rings (SSSR count). The van der Waals surface area contributed by atoms with Crippen LogP contribution in [0, 0.1) is 19.8 Å². The largest absolute Gasteiger partial charge is 0.490 e. The van der Waals surface area contributed by atoms with Crippen LogP contribution in [0.15, 0.2) is 17.0 Å². The molecule has 0 heterocycles. The van der Waals surface area contributed by atoms with E-state index in [4.69, 9.17) is 9.88 Å².